The molecule has 182 valence electrons. The van der Waals surface area contributed by atoms with Crippen molar-refractivity contribution >= 4 is 22.6 Å². The van der Waals surface area contributed by atoms with Crippen LogP contribution in [0.1, 0.15) is 30.0 Å². The third-order valence-corrected chi connectivity index (χ3v) is 7.06. The van der Waals surface area contributed by atoms with Crippen molar-refractivity contribution in [1.82, 2.24) is 20.2 Å². The number of likely N-dealkylation sites (tertiary alicyclic amines) is 1. The topological polar surface area (TPSA) is 97.8 Å². The molecular formula is C26H29N5O4. The lowest BCUT2D eigenvalue weighted by molar-refractivity contribution is -0.118. The highest BCUT2D eigenvalue weighted by molar-refractivity contribution is 5.94. The summed E-state index contributed by atoms with van der Waals surface area (Å²) in [5, 5.41) is 7.52. The van der Waals surface area contributed by atoms with Gasteiger partial charge in [0.25, 0.3) is 5.91 Å². The Kier molecular flexibility index (Phi) is 5.87. The van der Waals surface area contributed by atoms with Crippen LogP contribution in [0, 0.1) is 0 Å². The Morgan fingerprint density at radius 3 is 2.77 bits per heavy atom. The molecule has 2 N–H and O–H groups in total. The van der Waals surface area contributed by atoms with Crippen LogP contribution in [0.3, 0.4) is 0 Å². The van der Waals surface area contributed by atoms with Crippen molar-refractivity contribution in [1.29, 1.82) is 0 Å². The lowest BCUT2D eigenvalue weighted by Gasteiger charge is -2.33. The number of ether oxygens (including phenoxy) is 3. The number of aromatic nitrogens is 2. The highest BCUT2D eigenvalue weighted by Crippen LogP contribution is 2.40. The predicted molar refractivity (Wildman–Crippen MR) is 131 cm³/mol. The van der Waals surface area contributed by atoms with Crippen molar-refractivity contribution in [2.75, 3.05) is 45.3 Å². The van der Waals surface area contributed by atoms with E-state index in [0.29, 0.717) is 42.6 Å². The Morgan fingerprint density at radius 1 is 1.09 bits per heavy atom. The quantitative estimate of drug-likeness (QED) is 0.562. The number of hydrogen-bond donors (Lipinski definition) is 2. The molecule has 5 heterocycles. The van der Waals surface area contributed by atoms with Gasteiger partial charge < -0.3 is 29.7 Å². The second-order valence-electron chi connectivity index (χ2n) is 9.35. The maximum atomic E-state index is 11.5. The largest absolute Gasteiger partial charge is 0.493 e. The number of fused-ring (bicyclic) bond motifs is 4. The van der Waals surface area contributed by atoms with E-state index in [1.165, 1.54) is 5.56 Å². The molecule has 0 radical (unpaired) electrons. The first-order valence-electron chi connectivity index (χ1n) is 12.1. The highest BCUT2D eigenvalue weighted by atomic mass is 16.5. The van der Waals surface area contributed by atoms with Gasteiger partial charge in [-0.2, -0.15) is 0 Å². The van der Waals surface area contributed by atoms with E-state index >= 15 is 0 Å². The summed E-state index contributed by atoms with van der Waals surface area (Å²) >= 11 is 0. The zero-order valence-electron chi connectivity index (χ0n) is 19.8. The van der Waals surface area contributed by atoms with Crippen LogP contribution >= 0.6 is 0 Å². The zero-order chi connectivity index (χ0) is 23.8. The summed E-state index contributed by atoms with van der Waals surface area (Å²) in [5.74, 6) is 2.84. The Hall–Kier alpha value is -3.43. The fourth-order valence-electron chi connectivity index (χ4n) is 5.21. The second-order valence-corrected chi connectivity index (χ2v) is 9.35. The third kappa shape index (κ3) is 4.49. The van der Waals surface area contributed by atoms with E-state index in [2.05, 4.69) is 38.7 Å². The van der Waals surface area contributed by atoms with Gasteiger partial charge in [-0.25, -0.2) is 9.97 Å². The summed E-state index contributed by atoms with van der Waals surface area (Å²) in [6.07, 6.45) is 2.15. The molecule has 3 aromatic rings. The molecule has 3 aliphatic heterocycles. The number of piperidine rings is 1. The van der Waals surface area contributed by atoms with E-state index < -0.39 is 0 Å². The van der Waals surface area contributed by atoms with Crippen molar-refractivity contribution in [2.24, 2.45) is 0 Å². The van der Waals surface area contributed by atoms with E-state index in [1.807, 2.05) is 18.2 Å². The number of rotatable bonds is 6. The smallest absolute Gasteiger partial charge is 0.263 e. The van der Waals surface area contributed by atoms with Gasteiger partial charge in [0.1, 0.15) is 5.75 Å². The Labute approximate surface area is 203 Å². The van der Waals surface area contributed by atoms with Crippen LogP contribution < -0.4 is 24.8 Å². The van der Waals surface area contributed by atoms with Gasteiger partial charge in [-0.3, -0.25) is 4.79 Å². The molecule has 3 aliphatic rings. The molecule has 1 amide bonds. The van der Waals surface area contributed by atoms with E-state index in [9.17, 15) is 4.79 Å². The fourth-order valence-corrected chi connectivity index (χ4v) is 5.21. The average Bonchev–Trinajstić information content (AvgIpc) is 3.30. The van der Waals surface area contributed by atoms with Gasteiger partial charge in [0.15, 0.2) is 18.2 Å². The first-order valence-corrected chi connectivity index (χ1v) is 12.1. The average molecular weight is 476 g/mol. The van der Waals surface area contributed by atoms with Crippen molar-refractivity contribution < 1.29 is 19.0 Å². The molecule has 1 saturated heterocycles. The van der Waals surface area contributed by atoms with Crippen LogP contribution in [0.5, 0.6) is 17.4 Å². The first kappa shape index (κ1) is 22.1. The minimum Gasteiger partial charge on any atom is -0.493 e. The van der Waals surface area contributed by atoms with Gasteiger partial charge in [-0.15, -0.1) is 0 Å². The lowest BCUT2D eigenvalue weighted by Crippen LogP contribution is -2.43. The number of nitrogens with zero attached hydrogens (tertiary/aromatic N) is 3. The molecule has 1 aromatic carbocycles. The van der Waals surface area contributed by atoms with Crippen LogP contribution in [0.15, 0.2) is 36.4 Å². The van der Waals surface area contributed by atoms with Crippen molar-refractivity contribution in [2.45, 2.75) is 31.3 Å². The summed E-state index contributed by atoms with van der Waals surface area (Å²) in [5.41, 5.74) is 3.09. The van der Waals surface area contributed by atoms with E-state index in [0.717, 1.165) is 54.8 Å². The maximum Gasteiger partial charge on any atom is 0.263 e. The molecule has 2 aromatic heterocycles. The highest BCUT2D eigenvalue weighted by Gasteiger charge is 2.30. The molecular weight excluding hydrogens is 446 g/mol. The molecule has 9 nitrogen and oxygen atoms in total. The van der Waals surface area contributed by atoms with Crippen LogP contribution in [0.4, 0.5) is 5.82 Å². The molecule has 0 bridgehead atoms. The summed E-state index contributed by atoms with van der Waals surface area (Å²) in [4.78, 5) is 23.3. The third-order valence-electron chi connectivity index (χ3n) is 7.06. The molecule has 1 fully saturated rings. The minimum atomic E-state index is -0.166. The van der Waals surface area contributed by atoms with Crippen molar-refractivity contribution in [3.63, 3.8) is 0 Å². The molecule has 6 rings (SSSR count). The van der Waals surface area contributed by atoms with Gasteiger partial charge >= 0.3 is 0 Å². The van der Waals surface area contributed by atoms with Crippen molar-refractivity contribution in [3.05, 3.63) is 47.7 Å². The van der Waals surface area contributed by atoms with Gasteiger partial charge in [0.05, 0.1) is 24.9 Å². The normalized spacial score (nSPS) is 20.0. The number of amides is 1. The maximum absolute atomic E-state index is 11.5. The van der Waals surface area contributed by atoms with Crippen molar-refractivity contribution in [3.8, 4) is 17.4 Å². The Bertz CT molecular complexity index is 1260. The number of pyridine rings is 2. The van der Waals surface area contributed by atoms with Gasteiger partial charge in [0.2, 0.25) is 5.88 Å². The van der Waals surface area contributed by atoms with E-state index in [-0.39, 0.29) is 12.5 Å². The molecule has 0 spiro atoms. The number of benzene rings is 1. The second kappa shape index (κ2) is 9.31. The molecule has 1 unspecified atom stereocenters. The number of carbonyl (C=O) groups is 1. The van der Waals surface area contributed by atoms with Crippen LogP contribution in [-0.2, 0) is 11.3 Å². The SMILES string of the molecule is COc1ccc2ccc3c(c2n1)C(CN1CCC(NCc2ccc4c(n2)NC(=O)CO4)CC1)CO3. The summed E-state index contributed by atoms with van der Waals surface area (Å²) < 4.78 is 16.8. The standard InChI is InChI=1S/C26H29N5O4/c1-33-23-7-3-16-2-5-20-24(25(16)30-23)17(14-34-20)13-31-10-8-18(9-11-31)27-12-19-4-6-21-26(28-19)29-22(32)15-35-21/h2-7,17-18,27H,8-15H2,1H3,(H,28,29,32). The van der Waals surface area contributed by atoms with Crippen LogP contribution in [0.25, 0.3) is 10.9 Å². The molecule has 1 atom stereocenters. The molecule has 0 saturated carbocycles. The van der Waals surface area contributed by atoms with Gasteiger partial charge in [0, 0.05) is 42.1 Å². The Balaban J connectivity index is 1.05. The monoisotopic (exact) mass is 475 g/mol. The van der Waals surface area contributed by atoms with Crippen LogP contribution in [-0.4, -0.2) is 66.8 Å². The summed E-state index contributed by atoms with van der Waals surface area (Å²) in [6.45, 7) is 4.43. The summed E-state index contributed by atoms with van der Waals surface area (Å²) in [7, 11) is 1.65. The minimum absolute atomic E-state index is 0.0460. The zero-order valence-corrected chi connectivity index (χ0v) is 19.8. The van der Waals surface area contributed by atoms with Crippen LogP contribution in [0.2, 0.25) is 0 Å². The lowest BCUT2D eigenvalue weighted by atomic mass is 9.96. The molecule has 9 heteroatoms. The summed E-state index contributed by atoms with van der Waals surface area (Å²) in [6, 6.07) is 12.4. The number of hydrogen-bond acceptors (Lipinski definition) is 8. The van der Waals surface area contributed by atoms with Gasteiger partial charge in [-0.05, 0) is 56.3 Å². The molecule has 35 heavy (non-hydrogen) atoms. The van der Waals surface area contributed by atoms with E-state index in [1.54, 1.807) is 7.11 Å². The number of anilines is 1. The fraction of sp³-hybridized carbons (Fsp3) is 0.423. The van der Waals surface area contributed by atoms with Gasteiger partial charge in [-0.1, -0.05) is 0 Å². The number of nitrogens with one attached hydrogen (secondary N) is 2. The number of carbonyl (C=O) groups excluding carboxylic acids is 1. The Morgan fingerprint density at radius 2 is 1.91 bits per heavy atom. The molecule has 0 aliphatic carbocycles. The predicted octanol–water partition coefficient (Wildman–Crippen LogP) is 2.70. The first-order chi connectivity index (χ1) is 17.2. The number of methoxy groups -OCH3 is 1. The van der Waals surface area contributed by atoms with E-state index in [4.69, 9.17) is 19.2 Å².